The largest absolute Gasteiger partial charge is 0.490 e. The molecule has 0 atom stereocenters. The summed E-state index contributed by atoms with van der Waals surface area (Å²) in [5.74, 6) is 2.80. The summed E-state index contributed by atoms with van der Waals surface area (Å²) in [7, 11) is 0. The van der Waals surface area contributed by atoms with E-state index >= 15 is 0 Å². The van der Waals surface area contributed by atoms with Crippen LogP contribution in [0.15, 0.2) is 102 Å². The Morgan fingerprint density at radius 2 is 1.58 bits per heavy atom. The van der Waals surface area contributed by atoms with Crippen LogP contribution in [-0.2, 0) is 18.1 Å². The standard InChI is InChI=1S/C31H29ClN2O3S/c1-2-36-30-18-25(13-16-29(30)37-20-26-9-6-10-28(32)17-26)19-33-34-31(35)27-14-11-24(12-15-27)22-38-21-23-7-4-3-5-8-23/h3-19H,2,20-22H2,1H3,(H,34,35)/b33-19-. The van der Waals surface area contributed by atoms with Gasteiger partial charge in [-0.25, -0.2) is 5.43 Å². The van der Waals surface area contributed by atoms with Gasteiger partial charge in [0.25, 0.3) is 5.91 Å². The highest BCUT2D eigenvalue weighted by Crippen LogP contribution is 2.29. The molecular weight excluding hydrogens is 516 g/mol. The van der Waals surface area contributed by atoms with E-state index in [2.05, 4.69) is 34.8 Å². The SMILES string of the molecule is CCOc1cc(/C=N\NC(=O)c2ccc(CSCc3ccccc3)cc2)ccc1OCc1cccc(Cl)c1. The monoisotopic (exact) mass is 544 g/mol. The highest BCUT2D eigenvalue weighted by molar-refractivity contribution is 7.97. The molecule has 4 aromatic rings. The Morgan fingerprint density at radius 3 is 2.32 bits per heavy atom. The normalized spacial score (nSPS) is 10.9. The van der Waals surface area contributed by atoms with Crippen LogP contribution in [0.25, 0.3) is 0 Å². The molecule has 4 aromatic carbocycles. The van der Waals surface area contributed by atoms with Crippen LogP contribution in [0.5, 0.6) is 11.5 Å². The van der Waals surface area contributed by atoms with E-state index in [1.54, 1.807) is 6.21 Å². The van der Waals surface area contributed by atoms with Crippen molar-refractivity contribution >= 4 is 35.5 Å². The number of hydrogen-bond donors (Lipinski definition) is 1. The van der Waals surface area contributed by atoms with E-state index in [4.69, 9.17) is 21.1 Å². The first-order valence-corrected chi connectivity index (χ1v) is 13.8. The highest BCUT2D eigenvalue weighted by atomic mass is 35.5. The molecule has 38 heavy (non-hydrogen) atoms. The van der Waals surface area contributed by atoms with Gasteiger partial charge in [0.1, 0.15) is 6.61 Å². The molecule has 7 heteroatoms. The number of benzene rings is 4. The number of nitrogens with zero attached hydrogens (tertiary/aromatic N) is 1. The summed E-state index contributed by atoms with van der Waals surface area (Å²) >= 11 is 7.90. The summed E-state index contributed by atoms with van der Waals surface area (Å²) in [4.78, 5) is 12.5. The Labute approximate surface area is 232 Å². The summed E-state index contributed by atoms with van der Waals surface area (Å²) in [6, 6.07) is 31.0. The first-order chi connectivity index (χ1) is 18.6. The van der Waals surface area contributed by atoms with Crippen molar-refractivity contribution < 1.29 is 14.3 Å². The molecule has 0 fully saturated rings. The zero-order valence-electron chi connectivity index (χ0n) is 21.1. The van der Waals surface area contributed by atoms with E-state index in [1.165, 1.54) is 11.1 Å². The Morgan fingerprint density at radius 1 is 0.842 bits per heavy atom. The molecule has 0 saturated carbocycles. The van der Waals surface area contributed by atoms with Crippen LogP contribution in [-0.4, -0.2) is 18.7 Å². The van der Waals surface area contributed by atoms with Gasteiger partial charge in [-0.1, -0.05) is 66.2 Å². The van der Waals surface area contributed by atoms with E-state index in [9.17, 15) is 4.79 Å². The van der Waals surface area contributed by atoms with E-state index in [0.717, 1.165) is 22.6 Å². The van der Waals surface area contributed by atoms with Crippen molar-refractivity contribution in [3.8, 4) is 11.5 Å². The van der Waals surface area contributed by atoms with Gasteiger partial charge in [0.2, 0.25) is 0 Å². The molecule has 0 aliphatic rings. The number of rotatable bonds is 12. The minimum atomic E-state index is -0.267. The third kappa shape index (κ3) is 8.40. The maximum atomic E-state index is 12.5. The molecule has 194 valence electrons. The summed E-state index contributed by atoms with van der Waals surface area (Å²) in [5.41, 5.74) is 7.36. The number of nitrogens with one attached hydrogen (secondary N) is 1. The second kappa shape index (κ2) is 14.3. The molecule has 1 N–H and O–H groups in total. The van der Waals surface area contributed by atoms with Gasteiger partial charge in [0, 0.05) is 22.1 Å². The molecule has 0 aliphatic heterocycles. The van der Waals surface area contributed by atoms with Gasteiger partial charge in [-0.15, -0.1) is 0 Å². The molecule has 4 rings (SSSR count). The first kappa shape index (κ1) is 27.3. The second-order valence-electron chi connectivity index (χ2n) is 8.43. The van der Waals surface area contributed by atoms with Gasteiger partial charge >= 0.3 is 0 Å². The van der Waals surface area contributed by atoms with Crippen LogP contribution in [0.3, 0.4) is 0 Å². The molecular formula is C31H29ClN2O3S. The molecule has 0 saturated heterocycles. The number of ether oxygens (including phenoxy) is 2. The molecule has 0 radical (unpaired) electrons. The minimum absolute atomic E-state index is 0.267. The molecule has 0 spiro atoms. The fraction of sp³-hybridized carbons (Fsp3) is 0.161. The average molecular weight is 545 g/mol. The Balaban J connectivity index is 1.29. The molecule has 0 bridgehead atoms. The third-order valence-corrected chi connectivity index (χ3v) is 6.84. The summed E-state index contributed by atoms with van der Waals surface area (Å²) < 4.78 is 11.7. The fourth-order valence-electron chi connectivity index (χ4n) is 3.62. The van der Waals surface area contributed by atoms with E-state index in [1.807, 2.05) is 91.5 Å². The number of carbonyl (C=O) groups is 1. The van der Waals surface area contributed by atoms with Gasteiger partial charge in [-0.2, -0.15) is 16.9 Å². The minimum Gasteiger partial charge on any atom is -0.490 e. The van der Waals surface area contributed by atoms with Crippen molar-refractivity contribution in [2.24, 2.45) is 5.10 Å². The molecule has 0 aromatic heterocycles. The molecule has 5 nitrogen and oxygen atoms in total. The number of amides is 1. The highest BCUT2D eigenvalue weighted by Gasteiger charge is 2.08. The number of hydrazone groups is 1. The maximum absolute atomic E-state index is 12.5. The van der Waals surface area contributed by atoms with Crippen molar-refractivity contribution in [2.75, 3.05) is 6.61 Å². The van der Waals surface area contributed by atoms with Gasteiger partial charge in [-0.3, -0.25) is 4.79 Å². The van der Waals surface area contributed by atoms with Gasteiger partial charge < -0.3 is 9.47 Å². The molecule has 0 aliphatic carbocycles. The van der Waals surface area contributed by atoms with Gasteiger partial charge in [-0.05, 0) is 71.6 Å². The van der Waals surface area contributed by atoms with E-state index < -0.39 is 0 Å². The second-order valence-corrected chi connectivity index (χ2v) is 9.85. The van der Waals surface area contributed by atoms with E-state index in [-0.39, 0.29) is 5.91 Å². The topological polar surface area (TPSA) is 59.9 Å². The predicted octanol–water partition coefficient (Wildman–Crippen LogP) is 7.52. The Kier molecular flexibility index (Phi) is 10.2. The summed E-state index contributed by atoms with van der Waals surface area (Å²) in [6.07, 6.45) is 1.58. The molecule has 1 amide bonds. The fourth-order valence-corrected chi connectivity index (χ4v) is 4.79. The van der Waals surface area contributed by atoms with Crippen molar-refractivity contribution in [3.63, 3.8) is 0 Å². The number of hydrogen-bond acceptors (Lipinski definition) is 5. The predicted molar refractivity (Wildman–Crippen MR) is 156 cm³/mol. The Bertz CT molecular complexity index is 1360. The van der Waals surface area contributed by atoms with Crippen molar-refractivity contribution in [2.45, 2.75) is 25.0 Å². The van der Waals surface area contributed by atoms with Gasteiger partial charge in [0.05, 0.1) is 12.8 Å². The van der Waals surface area contributed by atoms with Crippen LogP contribution in [0.4, 0.5) is 0 Å². The van der Waals surface area contributed by atoms with Crippen LogP contribution in [0, 0.1) is 0 Å². The lowest BCUT2D eigenvalue weighted by molar-refractivity contribution is 0.0955. The van der Waals surface area contributed by atoms with Crippen LogP contribution in [0.1, 0.15) is 39.5 Å². The van der Waals surface area contributed by atoms with Crippen LogP contribution >= 0.6 is 23.4 Å². The first-order valence-electron chi connectivity index (χ1n) is 12.3. The Hall–Kier alpha value is -3.74. The summed E-state index contributed by atoms with van der Waals surface area (Å²) in [5, 5.41) is 4.78. The van der Waals surface area contributed by atoms with Gasteiger partial charge in [0.15, 0.2) is 11.5 Å². The van der Waals surface area contributed by atoms with Crippen molar-refractivity contribution in [3.05, 3.63) is 130 Å². The smallest absolute Gasteiger partial charge is 0.271 e. The lowest BCUT2D eigenvalue weighted by Crippen LogP contribution is -2.17. The molecule has 0 heterocycles. The average Bonchev–Trinajstić information content (AvgIpc) is 2.94. The molecule has 0 unspecified atom stereocenters. The number of thioether (sulfide) groups is 1. The van der Waals surface area contributed by atoms with Crippen molar-refractivity contribution in [1.29, 1.82) is 0 Å². The van der Waals surface area contributed by atoms with Crippen molar-refractivity contribution in [1.82, 2.24) is 5.43 Å². The number of carbonyl (C=O) groups excluding carboxylic acids is 1. The maximum Gasteiger partial charge on any atom is 0.271 e. The third-order valence-electron chi connectivity index (χ3n) is 5.53. The number of halogens is 1. The quantitative estimate of drug-likeness (QED) is 0.148. The van der Waals surface area contributed by atoms with Crippen LogP contribution in [0.2, 0.25) is 5.02 Å². The zero-order chi connectivity index (χ0) is 26.6. The summed E-state index contributed by atoms with van der Waals surface area (Å²) in [6.45, 7) is 2.77. The zero-order valence-corrected chi connectivity index (χ0v) is 22.7. The van der Waals surface area contributed by atoms with E-state index in [0.29, 0.717) is 35.3 Å². The lowest BCUT2D eigenvalue weighted by atomic mass is 10.1. The lowest BCUT2D eigenvalue weighted by Gasteiger charge is -2.12. The van der Waals surface area contributed by atoms with Crippen LogP contribution < -0.4 is 14.9 Å².